The van der Waals surface area contributed by atoms with Gasteiger partial charge in [-0.15, -0.1) is 5.11 Å². The number of phenols is 1. The molecular weight excluding hydrogens is 659 g/mol. The lowest BCUT2D eigenvalue weighted by atomic mass is 10.0. The summed E-state index contributed by atoms with van der Waals surface area (Å²) < 4.78 is 0. The highest BCUT2D eigenvalue weighted by Gasteiger charge is 2.15. The number of phenolic OH excluding ortho intramolecular Hbond substituents is 1. The van der Waals surface area contributed by atoms with Crippen molar-refractivity contribution in [3.63, 3.8) is 0 Å². The fraction of sp³-hybridized carbons (Fsp3) is 0.0667. The molecule has 7 rings (SSSR count). The maximum absolute atomic E-state index is 13.0. The quantitative estimate of drug-likeness (QED) is 0.124. The third-order valence-corrected chi connectivity index (χ3v) is 8.90. The largest absolute Gasteiger partial charge is 0.506 e. The summed E-state index contributed by atoms with van der Waals surface area (Å²) in [5.74, 6) is -0.585. The Morgan fingerprint density at radius 1 is 0.623 bits per heavy atom. The molecule has 8 heteroatoms. The fourth-order valence-corrected chi connectivity index (χ4v) is 6.06. The summed E-state index contributed by atoms with van der Waals surface area (Å²) in [7, 11) is 0. The van der Waals surface area contributed by atoms with E-state index in [2.05, 4.69) is 74.3 Å². The third kappa shape index (κ3) is 8.46. The number of nitrogens with one attached hydrogen (secondary N) is 2. The van der Waals surface area contributed by atoms with Gasteiger partial charge in [-0.25, -0.2) is 4.79 Å². The summed E-state index contributed by atoms with van der Waals surface area (Å²) in [6, 6.07) is 51.9. The summed E-state index contributed by atoms with van der Waals surface area (Å²) in [4.78, 5) is 28.0. The second-order valence-electron chi connectivity index (χ2n) is 12.7. The summed E-state index contributed by atoms with van der Waals surface area (Å²) in [5, 5.41) is 25.4. The Morgan fingerprint density at radius 2 is 1.21 bits per heavy atom. The number of hydrogen-bond donors (Lipinski definition) is 3. The van der Waals surface area contributed by atoms with Gasteiger partial charge in [0.2, 0.25) is 0 Å². The Morgan fingerprint density at radius 3 is 1.83 bits per heavy atom. The zero-order valence-corrected chi connectivity index (χ0v) is 29.1. The average Bonchev–Trinajstić information content (AvgIpc) is 3.19. The van der Waals surface area contributed by atoms with E-state index >= 15 is 0 Å². The standard InChI is InChI=1S/C45H37N5O3/c1-31-12-22-37(23-13-31)48-49-43-41-28-20-35(30-34(41)21-29-42(43)51)44(52)47-45(53)46-36-24-16-32(17-25-36)14-15-33-18-26-40(27-19-33)50(38-8-4-2-5-9-38)39-10-6-3-7-11-39/h2-13,16-30,51H,14-15H2,1H3,(H2,46,47,52,53). The number of hydrogen-bond acceptors (Lipinski definition) is 6. The molecule has 0 atom stereocenters. The Hall–Kier alpha value is -7.06. The highest BCUT2D eigenvalue weighted by molar-refractivity contribution is 6.10. The molecule has 7 aromatic rings. The van der Waals surface area contributed by atoms with Crippen LogP contribution in [0, 0.1) is 6.92 Å². The van der Waals surface area contributed by atoms with Gasteiger partial charge < -0.3 is 15.3 Å². The number of nitrogens with zero attached hydrogens (tertiary/aromatic N) is 3. The molecule has 0 heterocycles. The number of carbonyl (C=O) groups excluding carboxylic acids is 2. The number of aryl methyl sites for hydroxylation is 3. The van der Waals surface area contributed by atoms with Gasteiger partial charge in [0.25, 0.3) is 5.91 Å². The molecule has 0 fully saturated rings. The first-order valence-electron chi connectivity index (χ1n) is 17.3. The minimum Gasteiger partial charge on any atom is -0.506 e. The molecular formula is C45H37N5O3. The lowest BCUT2D eigenvalue weighted by molar-refractivity contribution is 0.0967. The first-order valence-corrected chi connectivity index (χ1v) is 17.3. The van der Waals surface area contributed by atoms with E-state index in [4.69, 9.17) is 0 Å². The molecule has 0 aliphatic rings. The third-order valence-electron chi connectivity index (χ3n) is 8.90. The van der Waals surface area contributed by atoms with Crippen molar-refractivity contribution in [2.75, 3.05) is 10.2 Å². The maximum Gasteiger partial charge on any atom is 0.326 e. The van der Waals surface area contributed by atoms with Crippen LogP contribution >= 0.6 is 0 Å². The van der Waals surface area contributed by atoms with Crippen LogP contribution in [0.3, 0.4) is 0 Å². The van der Waals surface area contributed by atoms with Gasteiger partial charge in [0, 0.05) is 33.7 Å². The fourth-order valence-electron chi connectivity index (χ4n) is 6.06. The van der Waals surface area contributed by atoms with Crippen LogP contribution in [0.25, 0.3) is 10.8 Å². The predicted molar refractivity (Wildman–Crippen MR) is 212 cm³/mol. The van der Waals surface area contributed by atoms with Crippen molar-refractivity contribution in [2.45, 2.75) is 19.8 Å². The number of benzene rings is 7. The number of fused-ring (bicyclic) bond motifs is 1. The molecule has 0 spiro atoms. The number of amides is 3. The van der Waals surface area contributed by atoms with Crippen molar-refractivity contribution >= 4 is 56.8 Å². The molecule has 53 heavy (non-hydrogen) atoms. The summed E-state index contributed by atoms with van der Waals surface area (Å²) in [6.07, 6.45) is 1.70. The van der Waals surface area contributed by atoms with Gasteiger partial charge in [-0.1, -0.05) is 90.5 Å². The van der Waals surface area contributed by atoms with E-state index < -0.39 is 11.9 Å². The zero-order chi connectivity index (χ0) is 36.6. The molecule has 0 aromatic heterocycles. The predicted octanol–water partition coefficient (Wildman–Crippen LogP) is 11.5. The van der Waals surface area contributed by atoms with Crippen LogP contribution in [0.5, 0.6) is 5.75 Å². The Labute approximate surface area is 308 Å². The molecule has 0 bridgehead atoms. The molecule has 260 valence electrons. The zero-order valence-electron chi connectivity index (χ0n) is 29.1. The first-order chi connectivity index (χ1) is 25.9. The van der Waals surface area contributed by atoms with Crippen molar-refractivity contribution in [3.05, 3.63) is 186 Å². The molecule has 0 saturated carbocycles. The maximum atomic E-state index is 13.0. The Balaban J connectivity index is 0.939. The van der Waals surface area contributed by atoms with Crippen LogP contribution in [0.4, 0.5) is 38.9 Å². The van der Waals surface area contributed by atoms with Gasteiger partial charge in [-0.3, -0.25) is 10.1 Å². The van der Waals surface area contributed by atoms with Crippen molar-refractivity contribution in [1.29, 1.82) is 0 Å². The average molecular weight is 696 g/mol. The number of carbonyl (C=O) groups is 2. The van der Waals surface area contributed by atoms with Crippen LogP contribution < -0.4 is 15.5 Å². The lowest BCUT2D eigenvalue weighted by Gasteiger charge is -2.25. The number of anilines is 4. The van der Waals surface area contributed by atoms with Crippen LogP contribution in [-0.2, 0) is 12.8 Å². The summed E-state index contributed by atoms with van der Waals surface area (Å²) >= 11 is 0. The van der Waals surface area contributed by atoms with Gasteiger partial charge in [0.1, 0.15) is 11.4 Å². The molecule has 0 unspecified atom stereocenters. The Kier molecular flexibility index (Phi) is 10.3. The Bertz CT molecular complexity index is 2340. The molecule has 0 saturated heterocycles. The van der Waals surface area contributed by atoms with Gasteiger partial charge >= 0.3 is 6.03 Å². The van der Waals surface area contributed by atoms with Crippen molar-refractivity contribution in [3.8, 4) is 5.75 Å². The molecule has 0 aliphatic carbocycles. The molecule has 3 amide bonds. The highest BCUT2D eigenvalue weighted by Crippen LogP contribution is 2.37. The summed E-state index contributed by atoms with van der Waals surface area (Å²) in [5.41, 5.74) is 8.55. The number of imide groups is 1. The summed E-state index contributed by atoms with van der Waals surface area (Å²) in [6.45, 7) is 1.99. The second kappa shape index (κ2) is 15.9. The molecule has 0 aliphatic heterocycles. The minimum atomic E-state index is -0.638. The number of aromatic hydroxyl groups is 1. The van der Waals surface area contributed by atoms with Crippen LogP contribution in [0.1, 0.15) is 27.0 Å². The second-order valence-corrected chi connectivity index (χ2v) is 12.7. The van der Waals surface area contributed by atoms with Crippen LogP contribution in [-0.4, -0.2) is 17.0 Å². The van der Waals surface area contributed by atoms with Crippen molar-refractivity contribution in [2.24, 2.45) is 10.2 Å². The number of urea groups is 1. The molecule has 3 N–H and O–H groups in total. The molecule has 8 nitrogen and oxygen atoms in total. The minimum absolute atomic E-state index is 0.0280. The lowest BCUT2D eigenvalue weighted by Crippen LogP contribution is -2.34. The molecule has 0 radical (unpaired) electrons. The van der Waals surface area contributed by atoms with E-state index in [1.54, 1.807) is 24.3 Å². The van der Waals surface area contributed by atoms with Crippen molar-refractivity contribution in [1.82, 2.24) is 5.32 Å². The topological polar surface area (TPSA) is 106 Å². The highest BCUT2D eigenvalue weighted by atomic mass is 16.3. The monoisotopic (exact) mass is 695 g/mol. The van der Waals surface area contributed by atoms with Gasteiger partial charge in [0.05, 0.1) is 5.69 Å². The van der Waals surface area contributed by atoms with E-state index in [1.807, 2.05) is 91.9 Å². The SMILES string of the molecule is Cc1ccc(N=Nc2c(O)ccc3cc(C(=O)NC(=O)Nc4ccc(CCc5ccc(N(c6ccccc6)c6ccccc6)cc5)cc4)ccc23)cc1. The van der Waals surface area contributed by atoms with Crippen LogP contribution in [0.2, 0.25) is 0 Å². The number of para-hydroxylation sites is 2. The van der Waals surface area contributed by atoms with E-state index in [1.165, 1.54) is 11.6 Å². The van der Waals surface area contributed by atoms with Gasteiger partial charge in [-0.05, 0) is 115 Å². The van der Waals surface area contributed by atoms with Crippen molar-refractivity contribution < 1.29 is 14.7 Å². The van der Waals surface area contributed by atoms with Gasteiger partial charge in [0.15, 0.2) is 0 Å². The van der Waals surface area contributed by atoms with E-state index in [0.29, 0.717) is 27.8 Å². The first kappa shape index (κ1) is 34.4. The van der Waals surface area contributed by atoms with E-state index in [-0.39, 0.29) is 11.3 Å². The molecule has 7 aromatic carbocycles. The van der Waals surface area contributed by atoms with E-state index in [9.17, 15) is 14.7 Å². The smallest absolute Gasteiger partial charge is 0.326 e. The number of rotatable bonds is 10. The number of azo groups is 1. The van der Waals surface area contributed by atoms with E-state index in [0.717, 1.165) is 41.0 Å². The van der Waals surface area contributed by atoms with Crippen LogP contribution in [0.15, 0.2) is 174 Å². The normalized spacial score (nSPS) is 11.0. The van der Waals surface area contributed by atoms with Gasteiger partial charge in [-0.2, -0.15) is 5.11 Å².